The van der Waals surface area contributed by atoms with Crippen molar-refractivity contribution in [3.63, 3.8) is 0 Å². The first-order chi connectivity index (χ1) is 19.3. The Morgan fingerprint density at radius 3 is 1.51 bits per heavy atom. The molecule has 41 heavy (non-hydrogen) atoms. The van der Waals surface area contributed by atoms with E-state index in [2.05, 4.69) is 130 Å². The highest BCUT2D eigenvalue weighted by molar-refractivity contribution is 7.68. The van der Waals surface area contributed by atoms with Gasteiger partial charge in [0.1, 0.15) is 5.78 Å². The topological polar surface area (TPSA) is 17.1 Å². The van der Waals surface area contributed by atoms with Crippen LogP contribution in [0.15, 0.2) is 60.7 Å². The van der Waals surface area contributed by atoms with Crippen LogP contribution in [0.5, 0.6) is 0 Å². The van der Waals surface area contributed by atoms with Gasteiger partial charge in [-0.3, -0.25) is 4.79 Å². The predicted molar refractivity (Wildman–Crippen MR) is 179 cm³/mol. The summed E-state index contributed by atoms with van der Waals surface area (Å²) in [6, 6.07) is 22.5. The van der Waals surface area contributed by atoms with Gasteiger partial charge in [-0.1, -0.05) is 82.4 Å². The molecule has 5 rings (SSSR count). The zero-order valence-electron chi connectivity index (χ0n) is 26.6. The lowest BCUT2D eigenvalue weighted by Gasteiger charge is -2.46. The number of carbonyl (C=O) groups excluding carboxylic acids is 1. The molecule has 1 fully saturated rings. The highest BCUT2D eigenvalue weighted by Crippen LogP contribution is 2.67. The van der Waals surface area contributed by atoms with E-state index >= 15 is 0 Å². The summed E-state index contributed by atoms with van der Waals surface area (Å²) in [6.45, 7) is 22.8. The first-order valence-electron chi connectivity index (χ1n) is 15.0. The maximum Gasteiger partial charge on any atom is 0.134 e. The van der Waals surface area contributed by atoms with Crippen LogP contribution in [0.25, 0.3) is 22.3 Å². The Hall–Kier alpha value is -3.02. The summed E-state index contributed by atoms with van der Waals surface area (Å²) >= 11 is 0. The lowest BCUT2D eigenvalue weighted by atomic mass is 9.85. The van der Waals surface area contributed by atoms with Crippen LogP contribution in [0.3, 0.4) is 0 Å². The van der Waals surface area contributed by atoms with Gasteiger partial charge in [-0.25, -0.2) is 0 Å². The number of benzene rings is 4. The van der Waals surface area contributed by atoms with E-state index in [0.29, 0.717) is 18.6 Å². The number of aryl methyl sites for hydroxylation is 4. The minimum atomic E-state index is -0.774. The van der Waals surface area contributed by atoms with Crippen LogP contribution in [0.4, 0.5) is 0 Å². The molecule has 1 nitrogen and oxygen atoms in total. The van der Waals surface area contributed by atoms with E-state index in [1.165, 1.54) is 77.6 Å². The molecular weight excluding hydrogens is 515 g/mol. The molecule has 0 N–H and O–H groups in total. The second-order valence-electron chi connectivity index (χ2n) is 13.0. The monoisotopic (exact) mass is 560 g/mol. The average Bonchev–Trinajstić information content (AvgIpc) is 2.91. The minimum absolute atomic E-state index is 0.141. The van der Waals surface area contributed by atoms with Crippen LogP contribution < -0.4 is 5.30 Å². The molecule has 0 aliphatic carbocycles. The van der Waals surface area contributed by atoms with E-state index in [1.807, 2.05) is 0 Å². The Morgan fingerprint density at radius 2 is 1.07 bits per heavy atom. The van der Waals surface area contributed by atoms with Crippen molar-refractivity contribution in [3.8, 4) is 22.3 Å². The summed E-state index contributed by atoms with van der Waals surface area (Å²) in [5.41, 5.74) is 17.7. The summed E-state index contributed by atoms with van der Waals surface area (Å²) < 4.78 is 0. The van der Waals surface area contributed by atoms with Gasteiger partial charge in [-0.05, 0) is 138 Å². The normalized spacial score (nSPS) is 18.5. The van der Waals surface area contributed by atoms with Crippen LogP contribution in [-0.4, -0.2) is 10.9 Å². The first-order valence-corrected chi connectivity index (χ1v) is 16.4. The van der Waals surface area contributed by atoms with Crippen molar-refractivity contribution in [2.24, 2.45) is 0 Å². The van der Waals surface area contributed by atoms with Crippen molar-refractivity contribution < 1.29 is 4.79 Å². The van der Waals surface area contributed by atoms with Crippen LogP contribution in [0.1, 0.15) is 82.4 Å². The van der Waals surface area contributed by atoms with Crippen LogP contribution in [-0.2, 0) is 4.79 Å². The van der Waals surface area contributed by atoms with Gasteiger partial charge in [0.2, 0.25) is 0 Å². The van der Waals surface area contributed by atoms with E-state index < -0.39 is 7.92 Å². The quantitative estimate of drug-likeness (QED) is 0.227. The molecule has 4 aromatic carbocycles. The van der Waals surface area contributed by atoms with Crippen molar-refractivity contribution in [1.82, 2.24) is 0 Å². The predicted octanol–water partition coefficient (Wildman–Crippen LogP) is 10.5. The Balaban J connectivity index is 1.96. The van der Waals surface area contributed by atoms with Crippen LogP contribution in [0, 0.1) is 55.4 Å². The maximum absolute atomic E-state index is 13.4. The third-order valence-electron chi connectivity index (χ3n) is 9.75. The molecule has 0 spiro atoms. The number of Topliss-reactive ketones (excluding diaryl/α,β-unsaturated/α-hetero) is 1. The van der Waals surface area contributed by atoms with E-state index in [0.717, 1.165) is 0 Å². The summed E-state index contributed by atoms with van der Waals surface area (Å²) in [5, 5.41) is 1.33. The van der Waals surface area contributed by atoms with Crippen molar-refractivity contribution in [3.05, 3.63) is 111 Å². The fourth-order valence-corrected chi connectivity index (χ4v) is 11.1. The Bertz CT molecular complexity index is 1520. The molecule has 1 aliphatic rings. The molecule has 1 heterocycles. The molecule has 2 unspecified atom stereocenters. The Kier molecular flexibility index (Phi) is 7.90. The van der Waals surface area contributed by atoms with Gasteiger partial charge in [-0.15, -0.1) is 0 Å². The molecule has 1 aliphatic heterocycles. The van der Waals surface area contributed by atoms with Crippen molar-refractivity contribution >= 4 is 19.0 Å². The standard InChI is InChI=1S/C39H45OP/c1-23-19-24(2)28(6)36(27(23)5)33-17-14-18-34(37-29(7)25(3)20-26(4)30(37)8)38(33)41-35(31-15-12-11-13-16-31)21-32(40)22-39(41,9)10/h11-20,35H,21-22H2,1-10H3. The molecule has 4 aromatic rings. The number of ketones is 1. The second-order valence-corrected chi connectivity index (χ2v) is 16.0. The fourth-order valence-electron chi connectivity index (χ4n) is 7.22. The van der Waals surface area contributed by atoms with Gasteiger partial charge in [0.25, 0.3) is 0 Å². The first kappa shape index (κ1) is 29.5. The van der Waals surface area contributed by atoms with Gasteiger partial charge in [-0.2, -0.15) is 0 Å². The molecule has 0 bridgehead atoms. The molecule has 1 saturated heterocycles. The Morgan fingerprint density at radius 1 is 0.634 bits per heavy atom. The summed E-state index contributed by atoms with van der Waals surface area (Å²) in [4.78, 5) is 13.4. The zero-order valence-corrected chi connectivity index (χ0v) is 27.5. The van der Waals surface area contributed by atoms with Crippen molar-refractivity contribution in [1.29, 1.82) is 0 Å². The minimum Gasteiger partial charge on any atom is -0.300 e. The molecule has 0 amide bonds. The third-order valence-corrected chi connectivity index (χ3v) is 13.3. The number of hydrogen-bond donors (Lipinski definition) is 0. The SMILES string of the molecule is Cc1cc(C)c(C)c(-c2cccc(-c3c(C)c(C)cc(C)c3C)c2P2C(c3ccccc3)CC(=O)CC2(C)C)c1C. The van der Waals surface area contributed by atoms with E-state index in [9.17, 15) is 4.79 Å². The lowest BCUT2D eigenvalue weighted by Crippen LogP contribution is -2.36. The molecule has 212 valence electrons. The fraction of sp³-hybridized carbons (Fsp3) is 0.359. The molecule has 0 radical (unpaired) electrons. The number of rotatable bonds is 4. The highest BCUT2D eigenvalue weighted by atomic mass is 31.1. The van der Waals surface area contributed by atoms with Gasteiger partial charge >= 0.3 is 0 Å². The maximum atomic E-state index is 13.4. The van der Waals surface area contributed by atoms with Crippen molar-refractivity contribution in [2.45, 2.75) is 92.9 Å². The summed E-state index contributed by atoms with van der Waals surface area (Å²) in [6.07, 6.45) is 1.24. The number of hydrogen-bond acceptors (Lipinski definition) is 1. The van der Waals surface area contributed by atoms with E-state index in [1.54, 1.807) is 0 Å². The van der Waals surface area contributed by atoms with Crippen molar-refractivity contribution in [2.75, 3.05) is 0 Å². The third kappa shape index (κ3) is 5.12. The molecule has 0 saturated carbocycles. The van der Waals surface area contributed by atoms with Gasteiger partial charge in [0, 0.05) is 18.5 Å². The van der Waals surface area contributed by atoms with E-state index in [4.69, 9.17) is 0 Å². The van der Waals surface area contributed by atoms with Gasteiger partial charge < -0.3 is 0 Å². The molecule has 2 heteroatoms. The number of carbonyl (C=O) groups is 1. The zero-order chi connectivity index (χ0) is 29.8. The molecule has 0 aromatic heterocycles. The second kappa shape index (κ2) is 11.0. The largest absolute Gasteiger partial charge is 0.300 e. The van der Waals surface area contributed by atoms with Crippen LogP contribution >= 0.6 is 7.92 Å². The molecular formula is C39H45OP. The average molecular weight is 561 g/mol. The van der Waals surface area contributed by atoms with E-state index in [-0.39, 0.29) is 10.8 Å². The molecule has 2 atom stereocenters. The van der Waals surface area contributed by atoms with Crippen LogP contribution in [0.2, 0.25) is 0 Å². The summed E-state index contributed by atoms with van der Waals surface area (Å²) in [7, 11) is -0.774. The lowest BCUT2D eigenvalue weighted by molar-refractivity contribution is -0.119. The highest BCUT2D eigenvalue weighted by Gasteiger charge is 2.45. The van der Waals surface area contributed by atoms with Gasteiger partial charge in [0.15, 0.2) is 0 Å². The Labute approximate surface area is 249 Å². The smallest absolute Gasteiger partial charge is 0.134 e. The van der Waals surface area contributed by atoms with Gasteiger partial charge in [0.05, 0.1) is 0 Å². The summed E-state index contributed by atoms with van der Waals surface area (Å²) in [5.74, 6) is 0.388.